The van der Waals surface area contributed by atoms with Gasteiger partial charge in [-0.3, -0.25) is 0 Å². The normalized spacial score (nSPS) is 10.3. The summed E-state index contributed by atoms with van der Waals surface area (Å²) in [6.45, 7) is 6.22. The van der Waals surface area contributed by atoms with E-state index in [4.69, 9.17) is 17.3 Å². The molecule has 0 aliphatic carbocycles. The molecule has 0 spiro atoms. The first-order valence-corrected chi connectivity index (χ1v) is 5.07. The zero-order valence-corrected chi connectivity index (χ0v) is 10.7. The lowest BCUT2D eigenvalue weighted by molar-refractivity contribution is 0.457. The fourth-order valence-electron chi connectivity index (χ4n) is 1.50. The maximum absolute atomic E-state index is 9.93. The van der Waals surface area contributed by atoms with Crippen molar-refractivity contribution in [2.75, 3.05) is 0 Å². The number of rotatable bonds is 2. The zero-order chi connectivity index (χ0) is 10.9. The van der Waals surface area contributed by atoms with Crippen LogP contribution in [0.2, 0.25) is 5.02 Å². The summed E-state index contributed by atoms with van der Waals surface area (Å²) in [6.07, 6.45) is 0. The van der Waals surface area contributed by atoms with Gasteiger partial charge in [0.25, 0.3) is 0 Å². The highest BCUT2D eigenvalue weighted by atomic mass is 35.5. The minimum Gasteiger partial charge on any atom is -0.507 e. The van der Waals surface area contributed by atoms with Gasteiger partial charge in [-0.05, 0) is 30.0 Å². The van der Waals surface area contributed by atoms with E-state index in [0.29, 0.717) is 17.3 Å². The van der Waals surface area contributed by atoms with Crippen LogP contribution in [0.4, 0.5) is 0 Å². The summed E-state index contributed by atoms with van der Waals surface area (Å²) >= 11 is 6.05. The van der Waals surface area contributed by atoms with E-state index >= 15 is 0 Å². The fourth-order valence-corrected chi connectivity index (χ4v) is 1.73. The summed E-state index contributed by atoms with van der Waals surface area (Å²) in [5, 5.41) is 10.6. The van der Waals surface area contributed by atoms with E-state index < -0.39 is 0 Å². The molecule has 0 saturated carbocycles. The Kier molecular flexibility index (Phi) is 5.43. The number of phenols is 1. The summed E-state index contributed by atoms with van der Waals surface area (Å²) < 4.78 is 0. The Morgan fingerprint density at radius 3 is 2.40 bits per heavy atom. The molecule has 0 aromatic heterocycles. The number of nitrogens with two attached hydrogens (primary N) is 1. The minimum atomic E-state index is 0. The molecule has 0 unspecified atom stereocenters. The molecule has 0 atom stereocenters. The van der Waals surface area contributed by atoms with Crippen LogP contribution in [-0.4, -0.2) is 5.11 Å². The van der Waals surface area contributed by atoms with Gasteiger partial charge in [-0.2, -0.15) is 0 Å². The second kappa shape index (κ2) is 5.59. The zero-order valence-electron chi connectivity index (χ0n) is 9.17. The molecule has 0 radical (unpaired) electrons. The molecule has 3 N–H and O–H groups in total. The van der Waals surface area contributed by atoms with E-state index in [-0.39, 0.29) is 18.3 Å². The van der Waals surface area contributed by atoms with E-state index in [1.807, 2.05) is 26.8 Å². The van der Waals surface area contributed by atoms with Crippen molar-refractivity contribution in [2.24, 2.45) is 5.73 Å². The molecule has 0 aliphatic heterocycles. The third-order valence-electron chi connectivity index (χ3n) is 2.48. The van der Waals surface area contributed by atoms with Crippen molar-refractivity contribution < 1.29 is 5.11 Å². The lowest BCUT2D eigenvalue weighted by Gasteiger charge is -2.15. The molecular formula is C11H17Cl2NO. The SMILES string of the molecule is Cc1c(Cl)cc(C(C)C)c(O)c1CN.Cl. The van der Waals surface area contributed by atoms with Crippen molar-refractivity contribution in [3.8, 4) is 5.75 Å². The Hall–Kier alpha value is -0.440. The van der Waals surface area contributed by atoms with Crippen molar-refractivity contribution in [1.29, 1.82) is 0 Å². The van der Waals surface area contributed by atoms with Gasteiger partial charge in [-0.15, -0.1) is 12.4 Å². The number of phenolic OH excluding ortho intramolecular Hbond substituents is 1. The highest BCUT2D eigenvalue weighted by Gasteiger charge is 2.14. The van der Waals surface area contributed by atoms with Crippen LogP contribution in [0.5, 0.6) is 5.75 Å². The largest absolute Gasteiger partial charge is 0.507 e. The average molecular weight is 250 g/mol. The molecule has 86 valence electrons. The maximum atomic E-state index is 9.93. The van der Waals surface area contributed by atoms with Crippen LogP contribution in [0.15, 0.2) is 6.07 Å². The molecular weight excluding hydrogens is 233 g/mol. The number of hydrogen-bond acceptors (Lipinski definition) is 2. The summed E-state index contributed by atoms with van der Waals surface area (Å²) in [5.41, 5.74) is 8.06. The van der Waals surface area contributed by atoms with Crippen LogP contribution in [0.1, 0.15) is 36.5 Å². The second-order valence-electron chi connectivity index (χ2n) is 3.76. The molecule has 2 nitrogen and oxygen atoms in total. The van der Waals surface area contributed by atoms with Gasteiger partial charge in [0, 0.05) is 17.1 Å². The van der Waals surface area contributed by atoms with Gasteiger partial charge in [0.2, 0.25) is 0 Å². The molecule has 4 heteroatoms. The maximum Gasteiger partial charge on any atom is 0.123 e. The van der Waals surface area contributed by atoms with Gasteiger partial charge < -0.3 is 10.8 Å². The molecule has 15 heavy (non-hydrogen) atoms. The number of hydrogen-bond donors (Lipinski definition) is 2. The predicted molar refractivity (Wildman–Crippen MR) is 67.1 cm³/mol. The van der Waals surface area contributed by atoms with E-state index in [2.05, 4.69) is 0 Å². The van der Waals surface area contributed by atoms with Crippen LogP contribution in [0.3, 0.4) is 0 Å². The number of halogens is 2. The van der Waals surface area contributed by atoms with Crippen molar-refractivity contribution in [3.63, 3.8) is 0 Å². The van der Waals surface area contributed by atoms with E-state index in [1.54, 1.807) is 0 Å². The van der Waals surface area contributed by atoms with Crippen molar-refractivity contribution in [1.82, 2.24) is 0 Å². The van der Waals surface area contributed by atoms with E-state index in [1.165, 1.54) is 0 Å². The third-order valence-corrected chi connectivity index (χ3v) is 2.87. The van der Waals surface area contributed by atoms with Crippen molar-refractivity contribution in [3.05, 3.63) is 27.8 Å². The van der Waals surface area contributed by atoms with Crippen LogP contribution in [0.25, 0.3) is 0 Å². The van der Waals surface area contributed by atoms with Crippen LogP contribution >= 0.6 is 24.0 Å². The fraction of sp³-hybridized carbons (Fsp3) is 0.455. The third kappa shape index (κ3) is 2.77. The lowest BCUT2D eigenvalue weighted by Crippen LogP contribution is -2.03. The summed E-state index contributed by atoms with van der Waals surface area (Å²) in [5.74, 6) is 0.544. The first kappa shape index (κ1) is 14.6. The van der Waals surface area contributed by atoms with Gasteiger partial charge in [0.05, 0.1) is 0 Å². The standard InChI is InChI=1S/C11H16ClNO.ClH/c1-6(2)8-4-10(12)7(3)9(5-13)11(8)14;/h4,6,14H,5,13H2,1-3H3;1H. The first-order chi connectivity index (χ1) is 6.49. The molecule has 0 bridgehead atoms. The van der Waals surface area contributed by atoms with Crippen molar-refractivity contribution in [2.45, 2.75) is 33.2 Å². The number of aromatic hydroxyl groups is 1. The minimum absolute atomic E-state index is 0. The average Bonchev–Trinajstić information content (AvgIpc) is 2.12. The lowest BCUT2D eigenvalue weighted by atomic mass is 9.96. The monoisotopic (exact) mass is 249 g/mol. The summed E-state index contributed by atoms with van der Waals surface area (Å²) in [7, 11) is 0. The van der Waals surface area contributed by atoms with Gasteiger partial charge in [0.15, 0.2) is 0 Å². The highest BCUT2D eigenvalue weighted by Crippen LogP contribution is 2.35. The van der Waals surface area contributed by atoms with Gasteiger partial charge in [-0.25, -0.2) is 0 Å². The molecule has 1 aromatic carbocycles. The van der Waals surface area contributed by atoms with Gasteiger partial charge in [0.1, 0.15) is 5.75 Å². The molecule has 1 rings (SSSR count). The van der Waals surface area contributed by atoms with Crippen LogP contribution in [-0.2, 0) is 6.54 Å². The molecule has 0 saturated heterocycles. The molecule has 0 fully saturated rings. The Morgan fingerprint density at radius 1 is 1.47 bits per heavy atom. The van der Waals surface area contributed by atoms with Crippen molar-refractivity contribution >= 4 is 24.0 Å². The smallest absolute Gasteiger partial charge is 0.123 e. The Labute approximate surface area is 102 Å². The molecule has 0 heterocycles. The van der Waals surface area contributed by atoms with Gasteiger partial charge in [-0.1, -0.05) is 25.4 Å². The summed E-state index contributed by atoms with van der Waals surface area (Å²) in [4.78, 5) is 0. The van der Waals surface area contributed by atoms with E-state index in [0.717, 1.165) is 16.7 Å². The quantitative estimate of drug-likeness (QED) is 0.845. The predicted octanol–water partition coefficient (Wildman–Crippen LogP) is 3.36. The number of benzene rings is 1. The Balaban J connectivity index is 0.00000196. The first-order valence-electron chi connectivity index (χ1n) is 4.70. The van der Waals surface area contributed by atoms with Gasteiger partial charge >= 0.3 is 0 Å². The Morgan fingerprint density at radius 2 is 2.00 bits per heavy atom. The molecule has 0 amide bonds. The van der Waals surface area contributed by atoms with E-state index in [9.17, 15) is 5.11 Å². The Bertz CT molecular complexity index is 351. The highest BCUT2D eigenvalue weighted by molar-refractivity contribution is 6.31. The molecule has 0 aliphatic rings. The topological polar surface area (TPSA) is 46.2 Å². The molecule has 1 aromatic rings. The summed E-state index contributed by atoms with van der Waals surface area (Å²) in [6, 6.07) is 1.82. The van der Waals surface area contributed by atoms with Crippen LogP contribution in [0, 0.1) is 6.92 Å². The second-order valence-corrected chi connectivity index (χ2v) is 4.17. The van der Waals surface area contributed by atoms with Crippen LogP contribution < -0.4 is 5.73 Å².